The third kappa shape index (κ3) is 12.0. The van der Waals surface area contributed by atoms with Crippen molar-refractivity contribution >= 4 is 22.6 Å². The molecule has 0 aromatic heterocycles. The minimum absolute atomic E-state index is 0.0517. The molecule has 8 heteroatoms. The molecule has 0 radical (unpaired) electrons. The molecule has 1 saturated carbocycles. The number of amides is 2. The molecule has 0 spiro atoms. The van der Waals surface area contributed by atoms with Crippen LogP contribution in [0.4, 0.5) is 0 Å². The Hall–Kier alpha value is -2.65. The number of hydrogen-bond donors (Lipinski definition) is 4. The summed E-state index contributed by atoms with van der Waals surface area (Å²) in [7, 11) is -1.30. The van der Waals surface area contributed by atoms with Gasteiger partial charge in [-0.3, -0.25) is 13.8 Å². The standard InChI is InChI=1S/C33H48N2O5S/c1-6-8-20-29(36)30(37)28(22-25-18-13-10-14-19-25)35-32(39)27(15-7-2)34-31(38)26(23-41(40)33(3,4)5)21-24-16-11-9-12-17-24/h1-2,9,11-12,16-17,25-30,36-37H,8,10,13-15,18-23H2,3-5H3,(H,34,38)(H,35,39)/t26-,27+,28+,29+,30-,41?/m1/s1. The van der Waals surface area contributed by atoms with E-state index in [-0.39, 0.29) is 18.6 Å². The Labute approximate surface area is 249 Å². The number of carbonyl (C=O) groups excluding carboxylic acids is 2. The van der Waals surface area contributed by atoms with Crippen molar-refractivity contribution < 1.29 is 24.0 Å². The second-order valence-corrected chi connectivity index (χ2v) is 14.4. The summed E-state index contributed by atoms with van der Waals surface area (Å²) in [6.07, 6.45) is 15.3. The smallest absolute Gasteiger partial charge is 0.243 e. The highest BCUT2D eigenvalue weighted by atomic mass is 32.2. The fourth-order valence-corrected chi connectivity index (χ4v) is 6.33. The SMILES string of the molecule is C#CCC[C@H](O)[C@H](O)[C@H](CC1CCCCC1)NC(=O)[C@H](CC#C)NC(=O)[C@H](Cc1ccccc1)CS(=O)C(C)(C)C. The van der Waals surface area contributed by atoms with Crippen molar-refractivity contribution in [3.63, 3.8) is 0 Å². The van der Waals surface area contributed by atoms with E-state index < -0.39 is 57.6 Å². The van der Waals surface area contributed by atoms with Gasteiger partial charge in [-0.1, -0.05) is 62.4 Å². The number of aliphatic hydroxyl groups is 2. The van der Waals surface area contributed by atoms with E-state index in [1.165, 1.54) is 6.42 Å². The van der Waals surface area contributed by atoms with Gasteiger partial charge in [0, 0.05) is 34.1 Å². The van der Waals surface area contributed by atoms with Crippen LogP contribution in [0.2, 0.25) is 0 Å². The summed E-state index contributed by atoms with van der Waals surface area (Å²) in [5, 5.41) is 27.3. The average Bonchev–Trinajstić information content (AvgIpc) is 2.95. The Morgan fingerprint density at radius 1 is 1.02 bits per heavy atom. The molecular formula is C33H48N2O5S. The van der Waals surface area contributed by atoms with Gasteiger partial charge < -0.3 is 20.8 Å². The van der Waals surface area contributed by atoms with Crippen LogP contribution in [0.25, 0.3) is 0 Å². The monoisotopic (exact) mass is 584 g/mol. The summed E-state index contributed by atoms with van der Waals surface area (Å²) in [4.78, 5) is 27.1. The summed E-state index contributed by atoms with van der Waals surface area (Å²) in [6, 6.07) is 7.72. The highest BCUT2D eigenvalue weighted by molar-refractivity contribution is 7.86. The highest BCUT2D eigenvalue weighted by Crippen LogP contribution is 2.29. The van der Waals surface area contributed by atoms with Gasteiger partial charge in [0.2, 0.25) is 11.8 Å². The van der Waals surface area contributed by atoms with Crippen LogP contribution in [0.5, 0.6) is 0 Å². The molecule has 4 N–H and O–H groups in total. The Kier molecular flexibility index (Phi) is 14.6. The lowest BCUT2D eigenvalue weighted by atomic mass is 9.82. The molecule has 1 aromatic carbocycles. The van der Waals surface area contributed by atoms with Crippen molar-refractivity contribution in [1.29, 1.82) is 0 Å². The van der Waals surface area contributed by atoms with E-state index in [0.29, 0.717) is 25.2 Å². The maximum absolute atomic E-state index is 13.6. The molecule has 1 aliphatic carbocycles. The minimum atomic E-state index is -1.30. The summed E-state index contributed by atoms with van der Waals surface area (Å²) in [5.74, 6) is 3.83. The van der Waals surface area contributed by atoms with Crippen molar-refractivity contribution in [2.75, 3.05) is 5.75 Å². The number of rotatable bonds is 15. The van der Waals surface area contributed by atoms with Crippen LogP contribution in [0.3, 0.4) is 0 Å². The number of nitrogens with one attached hydrogen (secondary N) is 2. The fraction of sp³-hybridized carbons (Fsp3) is 0.636. The summed E-state index contributed by atoms with van der Waals surface area (Å²) in [5.41, 5.74) is 0.924. The molecule has 1 aromatic rings. The zero-order valence-corrected chi connectivity index (χ0v) is 25.6. The first-order valence-corrected chi connectivity index (χ1v) is 16.0. The van der Waals surface area contributed by atoms with Crippen LogP contribution in [0.15, 0.2) is 30.3 Å². The largest absolute Gasteiger partial charge is 0.390 e. The Morgan fingerprint density at radius 2 is 1.68 bits per heavy atom. The molecule has 0 aliphatic heterocycles. The molecule has 41 heavy (non-hydrogen) atoms. The van der Waals surface area contributed by atoms with Crippen LogP contribution in [0, 0.1) is 36.5 Å². The lowest BCUT2D eigenvalue weighted by Crippen LogP contribution is -2.56. The molecule has 0 heterocycles. The highest BCUT2D eigenvalue weighted by Gasteiger charge is 2.34. The molecular weight excluding hydrogens is 536 g/mol. The van der Waals surface area contributed by atoms with E-state index in [9.17, 15) is 24.0 Å². The maximum Gasteiger partial charge on any atom is 0.243 e. The minimum Gasteiger partial charge on any atom is -0.390 e. The number of aliphatic hydroxyl groups excluding tert-OH is 2. The van der Waals surface area contributed by atoms with Crippen LogP contribution in [-0.4, -0.2) is 61.0 Å². The second kappa shape index (κ2) is 17.3. The number of benzene rings is 1. The molecule has 6 atom stereocenters. The van der Waals surface area contributed by atoms with Gasteiger partial charge in [-0.05, 0) is 51.5 Å². The third-order valence-electron chi connectivity index (χ3n) is 7.72. The first-order chi connectivity index (χ1) is 19.5. The lowest BCUT2D eigenvalue weighted by molar-refractivity contribution is -0.132. The average molecular weight is 585 g/mol. The molecule has 1 fully saturated rings. The molecule has 226 valence electrons. The molecule has 7 nitrogen and oxygen atoms in total. The molecule has 2 amide bonds. The molecule has 0 saturated heterocycles. The van der Waals surface area contributed by atoms with Crippen molar-refractivity contribution in [1.82, 2.24) is 10.6 Å². The van der Waals surface area contributed by atoms with Gasteiger partial charge in [0.15, 0.2) is 0 Å². The van der Waals surface area contributed by atoms with Crippen molar-refractivity contribution in [3.05, 3.63) is 35.9 Å². The van der Waals surface area contributed by atoms with E-state index >= 15 is 0 Å². The van der Waals surface area contributed by atoms with Gasteiger partial charge in [0.25, 0.3) is 0 Å². The lowest BCUT2D eigenvalue weighted by Gasteiger charge is -2.33. The second-order valence-electron chi connectivity index (χ2n) is 12.1. The fourth-order valence-electron chi connectivity index (χ4n) is 5.19. The Morgan fingerprint density at radius 3 is 2.27 bits per heavy atom. The van der Waals surface area contributed by atoms with E-state index in [4.69, 9.17) is 12.8 Å². The van der Waals surface area contributed by atoms with Gasteiger partial charge >= 0.3 is 0 Å². The Balaban J connectivity index is 2.22. The van der Waals surface area contributed by atoms with E-state index in [1.54, 1.807) is 0 Å². The number of hydrogen-bond acceptors (Lipinski definition) is 5. The van der Waals surface area contributed by atoms with Crippen LogP contribution < -0.4 is 10.6 Å². The zero-order valence-electron chi connectivity index (χ0n) is 24.8. The van der Waals surface area contributed by atoms with Crippen LogP contribution in [-0.2, 0) is 26.8 Å². The first-order valence-electron chi connectivity index (χ1n) is 14.7. The van der Waals surface area contributed by atoms with Crippen molar-refractivity contribution in [3.8, 4) is 24.7 Å². The van der Waals surface area contributed by atoms with Crippen LogP contribution >= 0.6 is 0 Å². The quantitative estimate of drug-likeness (QED) is 0.236. The predicted molar refractivity (Wildman–Crippen MR) is 165 cm³/mol. The van der Waals surface area contributed by atoms with Gasteiger partial charge in [0.1, 0.15) is 12.1 Å². The summed E-state index contributed by atoms with van der Waals surface area (Å²) >= 11 is 0. The normalized spacial score (nSPS) is 18.5. The van der Waals surface area contributed by atoms with Crippen molar-refractivity contribution in [2.24, 2.45) is 11.8 Å². The number of carbonyl (C=O) groups is 2. The van der Waals surface area contributed by atoms with Gasteiger partial charge in [-0.25, -0.2) is 0 Å². The maximum atomic E-state index is 13.6. The number of terminal acetylenes is 2. The summed E-state index contributed by atoms with van der Waals surface area (Å²) < 4.78 is 12.5. The van der Waals surface area contributed by atoms with Gasteiger partial charge in [-0.2, -0.15) is 0 Å². The van der Waals surface area contributed by atoms with E-state index in [2.05, 4.69) is 22.5 Å². The Bertz CT molecular complexity index is 1070. The first kappa shape index (κ1) is 34.6. The van der Waals surface area contributed by atoms with Crippen molar-refractivity contribution in [2.45, 2.75) is 114 Å². The van der Waals surface area contributed by atoms with Crippen LogP contribution in [0.1, 0.15) is 84.1 Å². The van der Waals surface area contributed by atoms with E-state index in [0.717, 1.165) is 31.2 Å². The third-order valence-corrected chi connectivity index (χ3v) is 9.79. The van der Waals surface area contributed by atoms with E-state index in [1.807, 2.05) is 51.1 Å². The van der Waals surface area contributed by atoms with Gasteiger partial charge in [0.05, 0.1) is 18.1 Å². The van der Waals surface area contributed by atoms with Gasteiger partial charge in [-0.15, -0.1) is 24.7 Å². The molecule has 2 rings (SSSR count). The topological polar surface area (TPSA) is 116 Å². The molecule has 0 bridgehead atoms. The molecule has 1 aliphatic rings. The predicted octanol–water partition coefficient (Wildman–Crippen LogP) is 3.49. The zero-order chi connectivity index (χ0) is 30.4. The summed E-state index contributed by atoms with van der Waals surface area (Å²) in [6.45, 7) is 5.60. The molecule has 1 unspecified atom stereocenters.